The van der Waals surface area contributed by atoms with E-state index in [1.54, 1.807) is 19.1 Å². The number of anilines is 1. The molecule has 1 aliphatic carbocycles. The fourth-order valence-corrected chi connectivity index (χ4v) is 1.76. The molecule has 0 radical (unpaired) electrons. The first-order valence-electron chi connectivity index (χ1n) is 5.90. The van der Waals surface area contributed by atoms with Gasteiger partial charge in [0.1, 0.15) is 5.82 Å². The minimum Gasteiger partial charge on any atom is -0.335 e. The number of hydrogen-bond acceptors (Lipinski definition) is 1. The van der Waals surface area contributed by atoms with Gasteiger partial charge < -0.3 is 10.6 Å². The highest BCUT2D eigenvalue weighted by molar-refractivity contribution is 5.89. The summed E-state index contributed by atoms with van der Waals surface area (Å²) < 4.78 is 13.3. The Morgan fingerprint density at radius 2 is 2.18 bits per heavy atom. The molecule has 0 saturated heterocycles. The zero-order valence-corrected chi connectivity index (χ0v) is 10.1. The fraction of sp³-hybridized carbons (Fsp3) is 0.462. The van der Waals surface area contributed by atoms with E-state index in [1.165, 1.54) is 18.9 Å². The van der Waals surface area contributed by atoms with Crippen molar-refractivity contribution in [3.63, 3.8) is 0 Å². The third-order valence-corrected chi connectivity index (χ3v) is 3.12. The van der Waals surface area contributed by atoms with Gasteiger partial charge in [-0.1, -0.05) is 6.07 Å². The maximum Gasteiger partial charge on any atom is 0.319 e. The minimum atomic E-state index is -0.307. The van der Waals surface area contributed by atoms with Crippen molar-refractivity contribution >= 4 is 11.7 Å². The van der Waals surface area contributed by atoms with Crippen molar-refractivity contribution in [1.82, 2.24) is 5.32 Å². The lowest BCUT2D eigenvalue weighted by Gasteiger charge is -2.13. The van der Waals surface area contributed by atoms with Crippen LogP contribution in [0.3, 0.4) is 0 Å². The second kappa shape index (κ2) is 4.73. The van der Waals surface area contributed by atoms with Crippen molar-refractivity contribution in [2.75, 3.05) is 5.32 Å². The van der Waals surface area contributed by atoms with E-state index in [4.69, 9.17) is 0 Å². The number of amides is 2. The molecule has 2 rings (SSSR count). The van der Waals surface area contributed by atoms with Gasteiger partial charge in [0.05, 0.1) is 0 Å². The van der Waals surface area contributed by atoms with E-state index in [1.807, 2.05) is 6.92 Å². The number of rotatable bonds is 3. The van der Waals surface area contributed by atoms with Gasteiger partial charge in [0, 0.05) is 11.7 Å². The Balaban J connectivity index is 1.90. The lowest BCUT2D eigenvalue weighted by molar-refractivity contribution is 0.248. The smallest absolute Gasteiger partial charge is 0.319 e. The Bertz CT molecular complexity index is 429. The van der Waals surface area contributed by atoms with E-state index in [2.05, 4.69) is 10.6 Å². The monoisotopic (exact) mass is 236 g/mol. The Morgan fingerprint density at radius 3 is 2.76 bits per heavy atom. The van der Waals surface area contributed by atoms with Crippen molar-refractivity contribution in [3.8, 4) is 0 Å². The van der Waals surface area contributed by atoms with Gasteiger partial charge in [0.25, 0.3) is 0 Å². The summed E-state index contributed by atoms with van der Waals surface area (Å²) in [5.74, 6) is 0.300. The van der Waals surface area contributed by atoms with Crippen LogP contribution in [-0.4, -0.2) is 12.1 Å². The van der Waals surface area contributed by atoms with Gasteiger partial charge in [0.2, 0.25) is 0 Å². The summed E-state index contributed by atoms with van der Waals surface area (Å²) >= 11 is 0. The standard InChI is InChI=1S/C13H17FN2O/c1-8-3-6-11(7-12(8)14)16-13(17)15-9(2)10-4-5-10/h3,6-7,9-10H,4-5H2,1-2H3,(H2,15,16,17). The molecule has 1 fully saturated rings. The number of nitrogens with one attached hydrogen (secondary N) is 2. The predicted molar refractivity (Wildman–Crippen MR) is 65.5 cm³/mol. The van der Waals surface area contributed by atoms with Crippen molar-refractivity contribution < 1.29 is 9.18 Å². The fourth-order valence-electron chi connectivity index (χ4n) is 1.76. The first-order chi connectivity index (χ1) is 8.06. The number of aryl methyl sites for hydroxylation is 1. The lowest BCUT2D eigenvalue weighted by Crippen LogP contribution is -2.37. The molecule has 17 heavy (non-hydrogen) atoms. The molecular formula is C13H17FN2O. The van der Waals surface area contributed by atoms with Gasteiger partial charge in [-0.05, 0) is 50.3 Å². The number of urea groups is 1. The van der Waals surface area contributed by atoms with Crippen LogP contribution in [0.15, 0.2) is 18.2 Å². The molecule has 1 unspecified atom stereocenters. The van der Waals surface area contributed by atoms with E-state index >= 15 is 0 Å². The zero-order chi connectivity index (χ0) is 12.4. The first-order valence-corrected chi connectivity index (χ1v) is 5.90. The van der Waals surface area contributed by atoms with Crippen LogP contribution in [0.25, 0.3) is 0 Å². The van der Waals surface area contributed by atoms with Crippen LogP contribution in [0, 0.1) is 18.7 Å². The second-order valence-corrected chi connectivity index (χ2v) is 4.69. The molecule has 0 bridgehead atoms. The number of carbonyl (C=O) groups excluding carboxylic acids is 1. The van der Waals surface area contributed by atoms with Crippen LogP contribution in [0.4, 0.5) is 14.9 Å². The third-order valence-electron chi connectivity index (χ3n) is 3.12. The average molecular weight is 236 g/mol. The van der Waals surface area contributed by atoms with Crippen LogP contribution < -0.4 is 10.6 Å². The highest BCUT2D eigenvalue weighted by Gasteiger charge is 2.28. The van der Waals surface area contributed by atoms with Crippen molar-refractivity contribution in [1.29, 1.82) is 0 Å². The Morgan fingerprint density at radius 1 is 1.47 bits per heavy atom. The maximum absolute atomic E-state index is 13.3. The number of carbonyl (C=O) groups is 1. The molecule has 1 aliphatic rings. The summed E-state index contributed by atoms with van der Waals surface area (Å²) in [4.78, 5) is 11.6. The molecule has 0 aliphatic heterocycles. The summed E-state index contributed by atoms with van der Waals surface area (Å²) in [5, 5.41) is 5.49. The molecule has 4 heteroatoms. The number of halogens is 1. The topological polar surface area (TPSA) is 41.1 Å². The van der Waals surface area contributed by atoms with Crippen LogP contribution in [-0.2, 0) is 0 Å². The molecule has 0 aromatic heterocycles. The summed E-state index contributed by atoms with van der Waals surface area (Å²) in [6, 6.07) is 4.59. The molecule has 1 atom stereocenters. The molecular weight excluding hydrogens is 219 g/mol. The van der Waals surface area contributed by atoms with E-state index in [9.17, 15) is 9.18 Å². The van der Waals surface area contributed by atoms with Crippen molar-refractivity contribution in [2.45, 2.75) is 32.7 Å². The summed E-state index contributed by atoms with van der Waals surface area (Å²) in [6.45, 7) is 3.68. The Kier molecular flexibility index (Phi) is 3.31. The molecule has 92 valence electrons. The average Bonchev–Trinajstić information content (AvgIpc) is 3.06. The number of hydrogen-bond donors (Lipinski definition) is 2. The summed E-state index contributed by atoms with van der Waals surface area (Å²) in [6.07, 6.45) is 2.36. The molecule has 0 heterocycles. The van der Waals surface area contributed by atoms with Gasteiger partial charge in [-0.3, -0.25) is 0 Å². The molecule has 1 aromatic rings. The molecule has 1 aromatic carbocycles. The van der Waals surface area contributed by atoms with E-state index in [0.29, 0.717) is 17.2 Å². The first kappa shape index (κ1) is 11.9. The van der Waals surface area contributed by atoms with Gasteiger partial charge in [-0.2, -0.15) is 0 Å². The Hall–Kier alpha value is -1.58. The second-order valence-electron chi connectivity index (χ2n) is 4.69. The third kappa shape index (κ3) is 3.19. The summed E-state index contributed by atoms with van der Waals surface area (Å²) in [5.41, 5.74) is 1.05. The van der Waals surface area contributed by atoms with Gasteiger partial charge in [-0.15, -0.1) is 0 Å². The van der Waals surface area contributed by atoms with E-state index in [0.717, 1.165) is 0 Å². The number of benzene rings is 1. The maximum atomic E-state index is 13.3. The molecule has 2 amide bonds. The van der Waals surface area contributed by atoms with Crippen LogP contribution >= 0.6 is 0 Å². The van der Waals surface area contributed by atoms with Crippen molar-refractivity contribution in [3.05, 3.63) is 29.6 Å². The quantitative estimate of drug-likeness (QED) is 0.832. The summed E-state index contributed by atoms with van der Waals surface area (Å²) in [7, 11) is 0. The van der Waals surface area contributed by atoms with Crippen molar-refractivity contribution in [2.24, 2.45) is 5.92 Å². The highest BCUT2D eigenvalue weighted by Crippen LogP contribution is 2.32. The van der Waals surface area contributed by atoms with Crippen LogP contribution in [0.5, 0.6) is 0 Å². The van der Waals surface area contributed by atoms with E-state index in [-0.39, 0.29) is 17.9 Å². The highest BCUT2D eigenvalue weighted by atomic mass is 19.1. The lowest BCUT2D eigenvalue weighted by atomic mass is 10.2. The molecule has 0 spiro atoms. The van der Waals surface area contributed by atoms with Gasteiger partial charge in [0.15, 0.2) is 0 Å². The van der Waals surface area contributed by atoms with Gasteiger partial charge >= 0.3 is 6.03 Å². The predicted octanol–water partition coefficient (Wildman–Crippen LogP) is 3.05. The largest absolute Gasteiger partial charge is 0.335 e. The van der Waals surface area contributed by atoms with E-state index < -0.39 is 0 Å². The molecule has 1 saturated carbocycles. The SMILES string of the molecule is Cc1ccc(NC(=O)NC(C)C2CC2)cc1F. The molecule has 3 nitrogen and oxygen atoms in total. The normalized spacial score (nSPS) is 16.4. The Labute approximate surface area is 100 Å². The molecule has 2 N–H and O–H groups in total. The van der Waals surface area contributed by atoms with Gasteiger partial charge in [-0.25, -0.2) is 9.18 Å². The zero-order valence-electron chi connectivity index (χ0n) is 10.1. The van der Waals surface area contributed by atoms with Crippen LogP contribution in [0.1, 0.15) is 25.3 Å². The van der Waals surface area contributed by atoms with Crippen LogP contribution in [0.2, 0.25) is 0 Å². The minimum absolute atomic E-state index is 0.185.